The van der Waals surface area contributed by atoms with Crippen molar-refractivity contribution in [3.63, 3.8) is 0 Å². The molecular formula is C15H26N2O. The van der Waals surface area contributed by atoms with E-state index in [1.54, 1.807) is 0 Å². The van der Waals surface area contributed by atoms with Gasteiger partial charge in [-0.3, -0.25) is 0 Å². The van der Waals surface area contributed by atoms with Gasteiger partial charge in [-0.15, -0.1) is 0 Å². The molecule has 1 atom stereocenters. The highest BCUT2D eigenvalue weighted by Crippen LogP contribution is 2.28. The highest BCUT2D eigenvalue weighted by atomic mass is 16.5. The van der Waals surface area contributed by atoms with Crippen molar-refractivity contribution in [2.45, 2.75) is 20.3 Å². The van der Waals surface area contributed by atoms with Crippen molar-refractivity contribution in [1.82, 2.24) is 4.90 Å². The van der Waals surface area contributed by atoms with Gasteiger partial charge in [0.1, 0.15) is 5.75 Å². The highest BCUT2D eigenvalue weighted by Gasteiger charge is 2.25. The van der Waals surface area contributed by atoms with Crippen LogP contribution in [0.15, 0.2) is 24.3 Å². The molecule has 0 aliphatic rings. The molecule has 102 valence electrons. The van der Waals surface area contributed by atoms with E-state index in [0.29, 0.717) is 13.2 Å². The van der Waals surface area contributed by atoms with E-state index in [4.69, 9.17) is 10.5 Å². The third-order valence-corrected chi connectivity index (χ3v) is 3.08. The molecule has 1 aromatic rings. The molecule has 0 spiro atoms. The monoisotopic (exact) mass is 250 g/mol. The lowest BCUT2D eigenvalue weighted by Gasteiger charge is -2.31. The SMILES string of the molecule is CCOc1ccccc1CC(C)(CN)CN(C)C. The molecule has 18 heavy (non-hydrogen) atoms. The summed E-state index contributed by atoms with van der Waals surface area (Å²) in [4.78, 5) is 2.19. The van der Waals surface area contributed by atoms with Crippen molar-refractivity contribution in [3.8, 4) is 5.75 Å². The van der Waals surface area contributed by atoms with Crippen molar-refractivity contribution in [1.29, 1.82) is 0 Å². The number of nitrogens with two attached hydrogens (primary N) is 1. The number of rotatable bonds is 7. The zero-order chi connectivity index (χ0) is 13.6. The molecule has 0 aliphatic carbocycles. The fraction of sp³-hybridized carbons (Fsp3) is 0.600. The van der Waals surface area contributed by atoms with Crippen molar-refractivity contribution in [3.05, 3.63) is 29.8 Å². The normalized spacial score (nSPS) is 14.6. The fourth-order valence-corrected chi connectivity index (χ4v) is 2.36. The van der Waals surface area contributed by atoms with Crippen LogP contribution in [0.5, 0.6) is 5.75 Å². The quantitative estimate of drug-likeness (QED) is 0.806. The van der Waals surface area contributed by atoms with Gasteiger partial charge in [-0.05, 0) is 51.0 Å². The summed E-state index contributed by atoms with van der Waals surface area (Å²) in [7, 11) is 4.17. The number of nitrogens with zero attached hydrogens (tertiary/aromatic N) is 1. The van der Waals surface area contributed by atoms with Crippen LogP contribution in [0.1, 0.15) is 19.4 Å². The van der Waals surface area contributed by atoms with Crippen molar-refractivity contribution in [2.24, 2.45) is 11.1 Å². The van der Waals surface area contributed by atoms with Crippen molar-refractivity contribution >= 4 is 0 Å². The van der Waals surface area contributed by atoms with E-state index in [1.165, 1.54) is 5.56 Å². The third-order valence-electron chi connectivity index (χ3n) is 3.08. The lowest BCUT2D eigenvalue weighted by Crippen LogP contribution is -2.39. The van der Waals surface area contributed by atoms with Gasteiger partial charge in [-0.2, -0.15) is 0 Å². The van der Waals surface area contributed by atoms with Gasteiger partial charge in [0.25, 0.3) is 0 Å². The molecule has 1 aromatic carbocycles. The van der Waals surface area contributed by atoms with Crippen LogP contribution in [0.25, 0.3) is 0 Å². The predicted octanol–water partition coefficient (Wildman–Crippen LogP) is 2.15. The van der Waals surface area contributed by atoms with E-state index in [9.17, 15) is 0 Å². The second-order valence-electron chi connectivity index (χ2n) is 5.47. The van der Waals surface area contributed by atoms with E-state index in [1.807, 2.05) is 19.1 Å². The standard InChI is InChI=1S/C15H26N2O/c1-5-18-14-9-7-6-8-13(14)10-15(2,11-16)12-17(3)4/h6-9H,5,10-12,16H2,1-4H3. The van der Waals surface area contributed by atoms with Gasteiger partial charge < -0.3 is 15.4 Å². The first-order chi connectivity index (χ1) is 8.50. The topological polar surface area (TPSA) is 38.5 Å². The van der Waals surface area contributed by atoms with Gasteiger partial charge in [-0.25, -0.2) is 0 Å². The summed E-state index contributed by atoms with van der Waals surface area (Å²) < 4.78 is 5.68. The van der Waals surface area contributed by atoms with Gasteiger partial charge in [0, 0.05) is 6.54 Å². The molecule has 0 saturated carbocycles. The van der Waals surface area contributed by atoms with Crippen LogP contribution >= 0.6 is 0 Å². The molecule has 2 N–H and O–H groups in total. The minimum atomic E-state index is 0.0801. The zero-order valence-electron chi connectivity index (χ0n) is 12.1. The van der Waals surface area contributed by atoms with Gasteiger partial charge in [0.2, 0.25) is 0 Å². The van der Waals surface area contributed by atoms with Crippen LogP contribution in [0.4, 0.5) is 0 Å². The average molecular weight is 250 g/mol. The highest BCUT2D eigenvalue weighted by molar-refractivity contribution is 5.34. The molecule has 0 fully saturated rings. The molecule has 0 radical (unpaired) electrons. The molecule has 3 heteroatoms. The lowest BCUT2D eigenvalue weighted by atomic mass is 9.83. The summed E-state index contributed by atoms with van der Waals surface area (Å²) in [5.74, 6) is 0.985. The minimum absolute atomic E-state index is 0.0801. The summed E-state index contributed by atoms with van der Waals surface area (Å²) in [5.41, 5.74) is 7.28. The summed E-state index contributed by atoms with van der Waals surface area (Å²) in [5, 5.41) is 0. The van der Waals surface area contributed by atoms with Crippen LogP contribution in [-0.4, -0.2) is 38.7 Å². The predicted molar refractivity (Wildman–Crippen MR) is 77.0 cm³/mol. The van der Waals surface area contributed by atoms with Crippen LogP contribution in [0, 0.1) is 5.41 Å². The van der Waals surface area contributed by atoms with Gasteiger partial charge >= 0.3 is 0 Å². The Hall–Kier alpha value is -1.06. The van der Waals surface area contributed by atoms with Gasteiger partial charge in [0.15, 0.2) is 0 Å². The Morgan fingerprint density at radius 2 is 1.94 bits per heavy atom. The molecule has 3 nitrogen and oxygen atoms in total. The Balaban J connectivity index is 2.87. The molecule has 0 bridgehead atoms. The van der Waals surface area contributed by atoms with Crippen LogP contribution in [0.3, 0.4) is 0 Å². The van der Waals surface area contributed by atoms with Crippen molar-refractivity contribution in [2.75, 3.05) is 33.8 Å². The lowest BCUT2D eigenvalue weighted by molar-refractivity contribution is 0.221. The average Bonchev–Trinajstić information content (AvgIpc) is 2.31. The van der Waals surface area contributed by atoms with Gasteiger partial charge in [-0.1, -0.05) is 25.1 Å². The first kappa shape index (κ1) is 15.0. The molecular weight excluding hydrogens is 224 g/mol. The van der Waals surface area contributed by atoms with Crippen LogP contribution in [-0.2, 0) is 6.42 Å². The van der Waals surface area contributed by atoms with Crippen LogP contribution in [0.2, 0.25) is 0 Å². The Morgan fingerprint density at radius 3 is 2.50 bits per heavy atom. The van der Waals surface area contributed by atoms with E-state index >= 15 is 0 Å². The van der Waals surface area contributed by atoms with E-state index in [2.05, 4.69) is 38.1 Å². The maximum absolute atomic E-state index is 5.96. The fourth-order valence-electron chi connectivity index (χ4n) is 2.36. The number of hydrogen-bond acceptors (Lipinski definition) is 3. The summed E-state index contributed by atoms with van der Waals surface area (Å²) in [6.07, 6.45) is 0.942. The van der Waals surface area contributed by atoms with Crippen molar-refractivity contribution < 1.29 is 4.74 Å². The molecule has 1 unspecified atom stereocenters. The van der Waals surface area contributed by atoms with E-state index < -0.39 is 0 Å². The maximum atomic E-state index is 5.96. The van der Waals surface area contributed by atoms with Gasteiger partial charge in [0.05, 0.1) is 6.61 Å². The minimum Gasteiger partial charge on any atom is -0.494 e. The largest absolute Gasteiger partial charge is 0.494 e. The molecule has 0 saturated heterocycles. The maximum Gasteiger partial charge on any atom is 0.122 e. The Labute approximate surface area is 111 Å². The van der Waals surface area contributed by atoms with E-state index in [0.717, 1.165) is 18.7 Å². The number of ether oxygens (including phenoxy) is 1. The molecule has 0 amide bonds. The number of para-hydroxylation sites is 1. The number of benzene rings is 1. The first-order valence-corrected chi connectivity index (χ1v) is 6.56. The smallest absolute Gasteiger partial charge is 0.122 e. The Morgan fingerprint density at radius 1 is 1.28 bits per heavy atom. The first-order valence-electron chi connectivity index (χ1n) is 6.56. The second kappa shape index (κ2) is 6.76. The molecule has 0 aliphatic heterocycles. The molecule has 1 rings (SSSR count). The Kier molecular flexibility index (Phi) is 5.63. The Bertz CT molecular complexity index is 365. The van der Waals surface area contributed by atoms with E-state index in [-0.39, 0.29) is 5.41 Å². The molecule has 0 aromatic heterocycles. The summed E-state index contributed by atoms with van der Waals surface area (Å²) >= 11 is 0. The summed E-state index contributed by atoms with van der Waals surface area (Å²) in [6, 6.07) is 8.24. The second-order valence-corrected chi connectivity index (χ2v) is 5.47. The molecule has 0 heterocycles. The summed E-state index contributed by atoms with van der Waals surface area (Å²) in [6.45, 7) is 6.59. The zero-order valence-corrected chi connectivity index (χ0v) is 12.1. The number of hydrogen-bond donors (Lipinski definition) is 1. The van der Waals surface area contributed by atoms with Crippen LogP contribution < -0.4 is 10.5 Å². The third kappa shape index (κ3) is 4.31.